The molecule has 0 aliphatic rings. The van der Waals surface area contributed by atoms with Crippen molar-refractivity contribution in [1.29, 1.82) is 5.26 Å². The van der Waals surface area contributed by atoms with Crippen LogP contribution in [0.4, 0.5) is 23.8 Å². The molecule has 0 aliphatic heterocycles. The summed E-state index contributed by atoms with van der Waals surface area (Å²) in [6, 6.07) is 21.6. The van der Waals surface area contributed by atoms with E-state index in [1.165, 1.54) is 15.7 Å². The molecule has 0 amide bonds. The number of anilines is 4. The molecule has 5 aromatic rings. The van der Waals surface area contributed by atoms with Gasteiger partial charge in [-0.25, -0.2) is 4.98 Å². The smallest absolute Gasteiger partial charge is 0.259 e. The average Bonchev–Trinajstić information content (AvgIpc) is 3.02. The number of nitriles is 1. The number of rotatable bonds is 11. The molecule has 2 heterocycles. The molecule has 0 spiro atoms. The molecule has 0 saturated carbocycles. The van der Waals surface area contributed by atoms with Gasteiger partial charge in [-0.3, -0.25) is 20.2 Å². The van der Waals surface area contributed by atoms with E-state index in [0.717, 1.165) is 22.3 Å². The first-order chi connectivity index (χ1) is 22.1. The molecule has 0 atom stereocenters. The predicted octanol–water partition coefficient (Wildman–Crippen LogP) is 6.25. The van der Waals surface area contributed by atoms with Gasteiger partial charge in [0.2, 0.25) is 23.8 Å². The van der Waals surface area contributed by atoms with Crippen molar-refractivity contribution < 1.29 is 0 Å². The Morgan fingerprint density at radius 1 is 0.761 bits per heavy atom. The Kier molecular flexibility index (Phi) is 9.79. The number of halogens is 1. The summed E-state index contributed by atoms with van der Waals surface area (Å²) < 4.78 is 1.33. The van der Waals surface area contributed by atoms with E-state index in [1.54, 1.807) is 31.3 Å². The molecule has 0 unspecified atom stereocenters. The fourth-order valence-corrected chi connectivity index (χ4v) is 5.11. The van der Waals surface area contributed by atoms with Crippen molar-refractivity contribution in [3.05, 3.63) is 115 Å². The molecular formula is C34H35ClN10O. The number of benzene rings is 3. The van der Waals surface area contributed by atoms with E-state index in [-0.39, 0.29) is 29.4 Å². The first-order valence-electron chi connectivity index (χ1n) is 14.7. The monoisotopic (exact) mass is 634 g/mol. The van der Waals surface area contributed by atoms with Crippen LogP contribution in [0.1, 0.15) is 38.9 Å². The van der Waals surface area contributed by atoms with Crippen LogP contribution in [0.3, 0.4) is 0 Å². The first-order valence-corrected chi connectivity index (χ1v) is 15.1. The summed E-state index contributed by atoms with van der Waals surface area (Å²) in [6.07, 6.45) is -0.0935. The lowest BCUT2D eigenvalue weighted by Crippen LogP contribution is -2.28. The topological polar surface area (TPSA) is 145 Å². The van der Waals surface area contributed by atoms with Gasteiger partial charge in [0.05, 0.1) is 23.7 Å². The second kappa shape index (κ2) is 14.1. The number of nitrogens with zero attached hydrogens (tertiary/aromatic N) is 6. The van der Waals surface area contributed by atoms with Crippen molar-refractivity contribution >= 4 is 35.4 Å². The van der Waals surface area contributed by atoms with Crippen molar-refractivity contribution in [2.75, 3.05) is 21.5 Å². The highest BCUT2D eigenvalue weighted by Crippen LogP contribution is 2.24. The van der Waals surface area contributed by atoms with Crippen LogP contribution in [0.15, 0.2) is 65.5 Å². The van der Waals surface area contributed by atoms with E-state index in [0.29, 0.717) is 41.3 Å². The molecule has 0 radical (unpaired) electrons. The first kappa shape index (κ1) is 31.9. The molecule has 4 N–H and O–H groups in total. The van der Waals surface area contributed by atoms with Gasteiger partial charge < -0.3 is 10.6 Å². The van der Waals surface area contributed by atoms with E-state index in [1.807, 2.05) is 0 Å². The van der Waals surface area contributed by atoms with Crippen molar-refractivity contribution in [2.45, 2.75) is 47.2 Å². The minimum atomic E-state index is -0.354. The van der Waals surface area contributed by atoms with E-state index in [2.05, 4.69) is 112 Å². The number of aromatic nitrogens is 5. The lowest BCUT2D eigenvalue weighted by molar-refractivity contribution is 0.816. The van der Waals surface area contributed by atoms with Crippen molar-refractivity contribution in [3.63, 3.8) is 0 Å². The highest BCUT2D eigenvalue weighted by Gasteiger charge is 2.17. The van der Waals surface area contributed by atoms with Crippen LogP contribution in [0, 0.1) is 39.0 Å². The molecule has 46 heavy (non-hydrogen) atoms. The van der Waals surface area contributed by atoms with Crippen molar-refractivity contribution in [3.8, 4) is 17.3 Å². The maximum absolute atomic E-state index is 13.3. The molecular weight excluding hydrogens is 600 g/mol. The van der Waals surface area contributed by atoms with Gasteiger partial charge >= 0.3 is 0 Å². The summed E-state index contributed by atoms with van der Waals surface area (Å²) in [5, 5.41) is 16.6. The van der Waals surface area contributed by atoms with Crippen LogP contribution in [-0.2, 0) is 26.6 Å². The summed E-state index contributed by atoms with van der Waals surface area (Å²) in [7, 11) is 1.58. The standard InChI is InChI=1S/C34H35ClN10O/c1-20-6-8-25(22(3)16-20)18-37-31-40-32(38-19-26-9-7-21(2)17-23(26)4)42-33(41-31)43-44-34-39-29(24-10-12-27(35)13-11-24)28(14-15-36)30(46)45(34)5/h6-13,16-17H,14,18-19H2,1-5H3,(H,39,44)(H3,37,38,40,41,42,43). The Morgan fingerprint density at radius 3 is 1.83 bits per heavy atom. The average molecular weight is 635 g/mol. The highest BCUT2D eigenvalue weighted by molar-refractivity contribution is 6.30. The number of nitrogens with one attached hydrogen (secondary N) is 4. The Morgan fingerprint density at radius 2 is 1.30 bits per heavy atom. The summed E-state index contributed by atoms with van der Waals surface area (Å²) in [5.41, 5.74) is 13.9. The zero-order valence-corrected chi connectivity index (χ0v) is 27.1. The highest BCUT2D eigenvalue weighted by atomic mass is 35.5. The largest absolute Gasteiger partial charge is 0.350 e. The van der Waals surface area contributed by atoms with Crippen LogP contribution < -0.4 is 27.0 Å². The third-order valence-electron chi connectivity index (χ3n) is 7.55. The van der Waals surface area contributed by atoms with Crippen LogP contribution in [0.5, 0.6) is 0 Å². The zero-order valence-electron chi connectivity index (χ0n) is 26.4. The van der Waals surface area contributed by atoms with Crippen LogP contribution in [0.2, 0.25) is 5.02 Å². The Hall–Kier alpha value is -5.47. The van der Waals surface area contributed by atoms with Gasteiger partial charge in [-0.1, -0.05) is 71.3 Å². The van der Waals surface area contributed by atoms with Gasteiger partial charge in [0.15, 0.2) is 0 Å². The number of hydrogen-bond acceptors (Lipinski definition) is 10. The quantitative estimate of drug-likeness (QED) is 0.123. The molecule has 0 bridgehead atoms. The van der Waals surface area contributed by atoms with Gasteiger partial charge in [-0.2, -0.15) is 20.2 Å². The second-order valence-corrected chi connectivity index (χ2v) is 11.5. The lowest BCUT2D eigenvalue weighted by atomic mass is 10.1. The summed E-state index contributed by atoms with van der Waals surface area (Å²) in [6.45, 7) is 9.30. The number of hydrogen-bond donors (Lipinski definition) is 4. The summed E-state index contributed by atoms with van der Waals surface area (Å²) >= 11 is 6.08. The van der Waals surface area contributed by atoms with Gasteiger partial charge in [-0.05, 0) is 62.1 Å². The molecule has 5 rings (SSSR count). The summed E-state index contributed by atoms with van der Waals surface area (Å²) in [5.74, 6) is 1.11. The van der Waals surface area contributed by atoms with E-state index in [9.17, 15) is 10.1 Å². The Labute approximate surface area is 272 Å². The van der Waals surface area contributed by atoms with Gasteiger partial charge in [0.25, 0.3) is 5.56 Å². The maximum atomic E-state index is 13.3. The molecule has 2 aromatic heterocycles. The van der Waals surface area contributed by atoms with E-state index < -0.39 is 0 Å². The third kappa shape index (κ3) is 7.60. The van der Waals surface area contributed by atoms with Crippen LogP contribution >= 0.6 is 11.6 Å². The molecule has 11 nitrogen and oxygen atoms in total. The Bertz CT molecular complexity index is 1910. The molecule has 234 valence electrons. The minimum Gasteiger partial charge on any atom is -0.350 e. The fraction of sp³-hybridized carbons (Fsp3) is 0.235. The van der Waals surface area contributed by atoms with Crippen LogP contribution in [0.25, 0.3) is 11.3 Å². The molecule has 0 saturated heterocycles. The third-order valence-corrected chi connectivity index (χ3v) is 7.80. The minimum absolute atomic E-state index is 0.0935. The predicted molar refractivity (Wildman–Crippen MR) is 183 cm³/mol. The van der Waals surface area contributed by atoms with Crippen LogP contribution in [-0.4, -0.2) is 24.5 Å². The SMILES string of the molecule is Cc1ccc(CNc2nc(NCc3ccc(C)cc3C)nc(NNc3nc(-c4ccc(Cl)cc4)c(CC#N)c(=O)n3C)n2)c(C)c1. The Balaban J connectivity index is 1.44. The van der Waals surface area contributed by atoms with Crippen molar-refractivity contribution in [1.82, 2.24) is 24.5 Å². The number of hydrazine groups is 1. The molecule has 0 fully saturated rings. The summed E-state index contributed by atoms with van der Waals surface area (Å²) in [4.78, 5) is 31.7. The van der Waals surface area contributed by atoms with E-state index >= 15 is 0 Å². The molecule has 0 aliphatic carbocycles. The molecule has 3 aromatic carbocycles. The van der Waals surface area contributed by atoms with E-state index in [4.69, 9.17) is 11.6 Å². The number of aryl methyl sites for hydroxylation is 4. The second-order valence-electron chi connectivity index (χ2n) is 11.1. The lowest BCUT2D eigenvalue weighted by Gasteiger charge is -2.16. The maximum Gasteiger partial charge on any atom is 0.259 e. The zero-order chi connectivity index (χ0) is 32.8. The normalized spacial score (nSPS) is 10.7. The van der Waals surface area contributed by atoms with Crippen molar-refractivity contribution in [2.24, 2.45) is 7.05 Å². The van der Waals surface area contributed by atoms with Gasteiger partial charge in [0.1, 0.15) is 0 Å². The van der Waals surface area contributed by atoms with Gasteiger partial charge in [-0.15, -0.1) is 0 Å². The fourth-order valence-electron chi connectivity index (χ4n) is 4.98. The molecule has 12 heteroatoms. The van der Waals surface area contributed by atoms with Gasteiger partial charge in [0, 0.05) is 30.7 Å².